The summed E-state index contributed by atoms with van der Waals surface area (Å²) < 4.78 is 29.1. The van der Waals surface area contributed by atoms with Gasteiger partial charge in [0, 0.05) is 34.9 Å². The van der Waals surface area contributed by atoms with E-state index in [1.807, 2.05) is 45.0 Å². The lowest BCUT2D eigenvalue weighted by atomic mass is 9.90. The van der Waals surface area contributed by atoms with Crippen molar-refractivity contribution in [2.24, 2.45) is 0 Å². The summed E-state index contributed by atoms with van der Waals surface area (Å²) in [6, 6.07) is 10.1. The number of ether oxygens (including phenoxy) is 2. The molecule has 4 heterocycles. The van der Waals surface area contributed by atoms with Gasteiger partial charge < -0.3 is 9.47 Å². The lowest BCUT2D eigenvalue weighted by molar-refractivity contribution is 0.0527. The van der Waals surface area contributed by atoms with E-state index in [2.05, 4.69) is 15.1 Å². The number of pyridine rings is 1. The highest BCUT2D eigenvalue weighted by atomic mass is 19.1. The lowest BCUT2D eigenvalue weighted by Gasteiger charge is -2.36. The minimum atomic E-state index is -0.835. The first-order valence-corrected chi connectivity index (χ1v) is 15.5. The third-order valence-corrected chi connectivity index (χ3v) is 7.85. The maximum Gasteiger partial charge on any atom is 0.419 e. The molecule has 12 heteroatoms. The molecular formula is C35H37FN6O5. The van der Waals surface area contributed by atoms with Crippen LogP contribution < -0.4 is 4.90 Å². The van der Waals surface area contributed by atoms with E-state index in [4.69, 9.17) is 9.47 Å². The number of Topliss-reactive ketones (excluding diaryl/α,β-unsaturated/α-hetero) is 1. The number of nitrogens with zero attached hydrogens (tertiary/aromatic N) is 6. The molecule has 0 radical (unpaired) electrons. The monoisotopic (exact) mass is 640 g/mol. The smallest absolute Gasteiger partial charge is 0.419 e. The molecule has 1 aromatic carbocycles. The Bertz CT molecular complexity index is 2050. The molecule has 0 spiro atoms. The maximum absolute atomic E-state index is 14.3. The van der Waals surface area contributed by atoms with Gasteiger partial charge in [-0.3, -0.25) is 14.7 Å². The van der Waals surface area contributed by atoms with Gasteiger partial charge in [-0.25, -0.2) is 23.5 Å². The van der Waals surface area contributed by atoms with Crippen molar-refractivity contribution in [1.29, 1.82) is 0 Å². The second-order valence-electron chi connectivity index (χ2n) is 13.7. The Kier molecular flexibility index (Phi) is 7.85. The van der Waals surface area contributed by atoms with E-state index >= 15 is 0 Å². The van der Waals surface area contributed by atoms with Gasteiger partial charge in [0.05, 0.1) is 29.2 Å². The number of para-hydroxylation sites is 1. The molecular weight excluding hydrogens is 603 g/mol. The van der Waals surface area contributed by atoms with Crippen LogP contribution in [0.2, 0.25) is 0 Å². The molecule has 6 rings (SSSR count). The van der Waals surface area contributed by atoms with Crippen LogP contribution in [-0.4, -0.2) is 59.4 Å². The third kappa shape index (κ3) is 6.19. The van der Waals surface area contributed by atoms with Crippen LogP contribution in [-0.2, 0) is 22.3 Å². The van der Waals surface area contributed by atoms with Crippen LogP contribution in [0.3, 0.4) is 0 Å². The van der Waals surface area contributed by atoms with Crippen molar-refractivity contribution in [2.75, 3.05) is 4.90 Å². The van der Waals surface area contributed by atoms with E-state index in [1.165, 1.54) is 34.8 Å². The predicted octanol–water partition coefficient (Wildman–Crippen LogP) is 7.17. The SMILES string of the molecule is CC(=O)c1cnn2c(N(C(=O)OC(C)(C)C)C3CCc4c(c5ccccc5n4C(=O)OC(C)(C)C)C3)cc(-c3cncc(F)c3)nc12. The maximum atomic E-state index is 14.3. The molecule has 0 N–H and O–H groups in total. The van der Waals surface area contributed by atoms with E-state index < -0.39 is 35.2 Å². The van der Waals surface area contributed by atoms with Crippen LogP contribution in [0.4, 0.5) is 19.8 Å². The van der Waals surface area contributed by atoms with Gasteiger partial charge in [0.1, 0.15) is 22.8 Å². The second-order valence-corrected chi connectivity index (χ2v) is 13.7. The number of ketones is 1. The van der Waals surface area contributed by atoms with Crippen molar-refractivity contribution in [3.05, 3.63) is 77.6 Å². The first-order valence-electron chi connectivity index (χ1n) is 15.5. The summed E-state index contributed by atoms with van der Waals surface area (Å²) in [6.45, 7) is 12.2. The minimum absolute atomic E-state index is 0.209. The quantitative estimate of drug-likeness (QED) is 0.190. The van der Waals surface area contributed by atoms with Crippen LogP contribution in [0, 0.1) is 5.82 Å². The van der Waals surface area contributed by atoms with Crippen LogP contribution >= 0.6 is 0 Å². The van der Waals surface area contributed by atoms with Gasteiger partial charge in [-0.05, 0) is 85.4 Å². The molecule has 11 nitrogen and oxygen atoms in total. The summed E-state index contributed by atoms with van der Waals surface area (Å²) in [5, 5.41) is 5.35. The highest BCUT2D eigenvalue weighted by Crippen LogP contribution is 2.37. The predicted molar refractivity (Wildman–Crippen MR) is 174 cm³/mol. The Labute approximate surface area is 271 Å². The van der Waals surface area contributed by atoms with Gasteiger partial charge in [-0.2, -0.15) is 9.61 Å². The largest absolute Gasteiger partial charge is 0.443 e. The summed E-state index contributed by atoms with van der Waals surface area (Å²) in [5.41, 5.74) is 2.05. The lowest BCUT2D eigenvalue weighted by Crippen LogP contribution is -2.47. The number of amides is 1. The van der Waals surface area contributed by atoms with E-state index in [0.717, 1.165) is 28.4 Å². The summed E-state index contributed by atoms with van der Waals surface area (Å²) >= 11 is 0. The number of halogens is 1. The molecule has 5 aromatic rings. The van der Waals surface area contributed by atoms with Gasteiger partial charge in [0.25, 0.3) is 0 Å². The van der Waals surface area contributed by atoms with E-state index in [-0.39, 0.29) is 17.0 Å². The average Bonchev–Trinajstić information content (AvgIpc) is 3.55. The first kappa shape index (κ1) is 31.8. The molecule has 47 heavy (non-hydrogen) atoms. The van der Waals surface area contributed by atoms with E-state index in [9.17, 15) is 18.8 Å². The summed E-state index contributed by atoms with van der Waals surface area (Å²) in [5.74, 6) is -0.536. The normalized spacial score (nSPS) is 15.0. The summed E-state index contributed by atoms with van der Waals surface area (Å²) in [7, 11) is 0. The average molecular weight is 641 g/mol. The van der Waals surface area contributed by atoms with Gasteiger partial charge in [-0.15, -0.1) is 0 Å². The molecule has 4 aromatic heterocycles. The molecule has 1 aliphatic rings. The molecule has 0 bridgehead atoms. The number of fused-ring (bicyclic) bond motifs is 4. The van der Waals surface area contributed by atoms with Crippen molar-refractivity contribution < 1.29 is 28.2 Å². The number of aromatic nitrogens is 5. The zero-order valence-electron chi connectivity index (χ0n) is 27.5. The number of rotatable bonds is 4. The van der Waals surface area contributed by atoms with Crippen LogP contribution in [0.25, 0.3) is 27.8 Å². The minimum Gasteiger partial charge on any atom is -0.443 e. The van der Waals surface area contributed by atoms with Crippen molar-refractivity contribution in [3.8, 4) is 11.3 Å². The molecule has 0 saturated heterocycles. The number of benzene rings is 1. The highest BCUT2D eigenvalue weighted by molar-refractivity contribution is 6.00. The number of carbonyl (C=O) groups excluding carboxylic acids is 3. The Balaban J connectivity index is 1.53. The van der Waals surface area contributed by atoms with Crippen LogP contribution in [0.15, 0.2) is 55.0 Å². The topological polar surface area (TPSA) is 121 Å². The Morgan fingerprint density at radius 2 is 1.70 bits per heavy atom. The zero-order valence-corrected chi connectivity index (χ0v) is 27.5. The Morgan fingerprint density at radius 1 is 0.979 bits per heavy atom. The van der Waals surface area contributed by atoms with Gasteiger partial charge in [0.2, 0.25) is 0 Å². The molecule has 1 aliphatic carbocycles. The number of hydrogen-bond donors (Lipinski definition) is 0. The molecule has 1 unspecified atom stereocenters. The van der Waals surface area contributed by atoms with Crippen molar-refractivity contribution in [2.45, 2.75) is 85.0 Å². The van der Waals surface area contributed by atoms with Crippen molar-refractivity contribution >= 4 is 40.3 Å². The fourth-order valence-electron chi connectivity index (χ4n) is 6.04. The zero-order chi connectivity index (χ0) is 33.8. The molecule has 1 amide bonds. The number of anilines is 1. The standard InChI is InChI=1S/C35H37FN6O5/c1-20(43)26-19-38-42-30(16-27(39-31(26)42)21-14-22(36)18-37-17-21)40(32(44)46-34(2,3)4)23-12-13-29-25(15-23)24-10-8-9-11-28(24)41(29)33(45)47-35(5,6)7/h8-11,14,16-19,23H,12-13,15H2,1-7H3. The molecule has 1 atom stereocenters. The van der Waals surface area contributed by atoms with E-state index in [0.29, 0.717) is 36.3 Å². The van der Waals surface area contributed by atoms with Gasteiger partial charge >= 0.3 is 12.2 Å². The molecule has 0 aliphatic heterocycles. The van der Waals surface area contributed by atoms with Crippen molar-refractivity contribution in [3.63, 3.8) is 0 Å². The van der Waals surface area contributed by atoms with Gasteiger partial charge in [0.15, 0.2) is 11.4 Å². The Hall–Kier alpha value is -5.13. The third-order valence-electron chi connectivity index (χ3n) is 7.85. The van der Waals surface area contributed by atoms with Crippen LogP contribution in [0.1, 0.15) is 76.5 Å². The fourth-order valence-corrected chi connectivity index (χ4v) is 6.04. The van der Waals surface area contributed by atoms with Gasteiger partial charge in [-0.1, -0.05) is 18.2 Å². The molecule has 244 valence electrons. The van der Waals surface area contributed by atoms with Crippen LogP contribution in [0.5, 0.6) is 0 Å². The highest BCUT2D eigenvalue weighted by Gasteiger charge is 2.38. The Morgan fingerprint density at radius 3 is 2.38 bits per heavy atom. The number of carbonyl (C=O) groups is 3. The van der Waals surface area contributed by atoms with E-state index in [1.54, 1.807) is 31.4 Å². The molecule has 0 fully saturated rings. The summed E-state index contributed by atoms with van der Waals surface area (Å²) in [6.07, 6.45) is 4.17. The number of hydrogen-bond acceptors (Lipinski definition) is 8. The second kappa shape index (κ2) is 11.6. The first-order chi connectivity index (χ1) is 22.1. The van der Waals surface area contributed by atoms with Crippen molar-refractivity contribution in [1.82, 2.24) is 24.1 Å². The molecule has 0 saturated carbocycles. The summed E-state index contributed by atoms with van der Waals surface area (Å²) in [4.78, 5) is 50.5. The fraction of sp³-hybridized carbons (Fsp3) is 0.371.